The van der Waals surface area contributed by atoms with E-state index in [0.717, 1.165) is 38.2 Å². The van der Waals surface area contributed by atoms with Crippen molar-refractivity contribution in [2.75, 3.05) is 36.2 Å². The molecular weight excluding hydrogens is 334 g/mol. The van der Waals surface area contributed by atoms with Crippen molar-refractivity contribution in [3.63, 3.8) is 0 Å². The summed E-state index contributed by atoms with van der Waals surface area (Å²) in [6.45, 7) is 2.00. The Bertz CT molecular complexity index is 211. The first kappa shape index (κ1) is 29.2. The van der Waals surface area contributed by atoms with Gasteiger partial charge in [0.25, 0.3) is 0 Å². The van der Waals surface area contributed by atoms with E-state index in [4.69, 9.17) is 4.74 Å². The van der Waals surface area contributed by atoms with E-state index in [0.29, 0.717) is 5.78 Å². The van der Waals surface area contributed by atoms with E-state index in [2.05, 4.69) is 11.8 Å². The summed E-state index contributed by atoms with van der Waals surface area (Å²) in [4.78, 5) is 10.7. The predicted octanol–water partition coefficient (Wildman–Crippen LogP) is 1.13. The Kier molecular flexibility index (Phi) is 29.8. The van der Waals surface area contributed by atoms with Crippen molar-refractivity contribution in [1.82, 2.24) is 0 Å². The first-order chi connectivity index (χ1) is 9.89. The van der Waals surface area contributed by atoms with Gasteiger partial charge in [-0.25, -0.2) is 0 Å². The maximum atomic E-state index is 10.7. The molecule has 0 N–H and O–H groups in total. The van der Waals surface area contributed by atoms with Crippen molar-refractivity contribution in [2.24, 2.45) is 0 Å². The molecule has 3 rings (SSSR count). The van der Waals surface area contributed by atoms with Crippen LogP contribution in [0, 0.1) is 0 Å². The monoisotopic (exact) mass is 372 g/mol. The van der Waals surface area contributed by atoms with Gasteiger partial charge in [0, 0.05) is 31.8 Å². The summed E-state index contributed by atoms with van der Waals surface area (Å²) in [7, 11) is 0. The van der Waals surface area contributed by atoms with Crippen LogP contribution < -0.4 is 18.9 Å². The SMILES string of the molecule is C.C1CCCSCC1.C1CCOC1.O=C1CCCSCC1.[AlH3].[H-].[Li+]. The number of thioether (sulfide) groups is 2. The van der Waals surface area contributed by atoms with E-state index in [1.807, 2.05) is 11.8 Å². The average molecular weight is 373 g/mol. The summed E-state index contributed by atoms with van der Waals surface area (Å²) < 4.78 is 4.94. The maximum absolute atomic E-state index is 10.7. The van der Waals surface area contributed by atoms with Crippen LogP contribution in [0.2, 0.25) is 0 Å². The van der Waals surface area contributed by atoms with Gasteiger partial charge < -0.3 is 6.16 Å². The second-order valence-corrected chi connectivity index (χ2v) is 7.80. The van der Waals surface area contributed by atoms with Gasteiger partial charge in [-0.2, -0.15) is 23.5 Å². The van der Waals surface area contributed by atoms with Crippen LogP contribution >= 0.6 is 23.5 Å². The van der Waals surface area contributed by atoms with Gasteiger partial charge >= 0.3 is 18.9 Å². The molecule has 3 heterocycles. The molecule has 0 unspecified atom stereocenters. The summed E-state index contributed by atoms with van der Waals surface area (Å²) in [6, 6.07) is 0. The van der Waals surface area contributed by atoms with Crippen molar-refractivity contribution < 1.29 is 29.8 Å². The van der Waals surface area contributed by atoms with Gasteiger partial charge in [-0.05, 0) is 49.4 Å². The third-order valence-electron chi connectivity index (χ3n) is 3.42. The molecule has 134 valence electrons. The van der Waals surface area contributed by atoms with Crippen molar-refractivity contribution in [2.45, 2.75) is 65.2 Å². The smallest absolute Gasteiger partial charge is 1.00 e. The minimum absolute atomic E-state index is 0. The molecule has 3 fully saturated rings. The van der Waals surface area contributed by atoms with Crippen LogP contribution in [0.15, 0.2) is 0 Å². The number of carbonyl (C=O) groups is 1. The second kappa shape index (κ2) is 23.5. The fraction of sp³-hybridized carbons (Fsp3) is 0.941. The van der Waals surface area contributed by atoms with Gasteiger partial charge in [-0.3, -0.25) is 4.79 Å². The average Bonchev–Trinajstić information content (AvgIpc) is 2.77. The van der Waals surface area contributed by atoms with Gasteiger partial charge in [-0.15, -0.1) is 0 Å². The Hall–Kier alpha value is 1.46. The molecule has 0 radical (unpaired) electrons. The van der Waals surface area contributed by atoms with Crippen molar-refractivity contribution in [3.05, 3.63) is 0 Å². The van der Waals surface area contributed by atoms with Crippen LogP contribution in [0.5, 0.6) is 0 Å². The largest absolute Gasteiger partial charge is 1.00 e. The number of ether oxygens (including phenoxy) is 1. The molecule has 6 heteroatoms. The van der Waals surface area contributed by atoms with Crippen LogP contribution in [0.25, 0.3) is 0 Å². The van der Waals surface area contributed by atoms with Gasteiger partial charge in [0.1, 0.15) is 5.78 Å². The topological polar surface area (TPSA) is 26.3 Å². The van der Waals surface area contributed by atoms with Crippen LogP contribution in [-0.2, 0) is 9.53 Å². The molecule has 0 aromatic rings. The Balaban J connectivity index is -0.000000117. The molecule has 0 saturated carbocycles. The van der Waals surface area contributed by atoms with E-state index in [9.17, 15) is 4.79 Å². The van der Waals surface area contributed by atoms with Gasteiger partial charge in [0.2, 0.25) is 0 Å². The minimum Gasteiger partial charge on any atom is -1.00 e. The summed E-state index contributed by atoms with van der Waals surface area (Å²) >= 11 is 4.01. The molecular formula is C17H38AlLiO2S2. The third-order valence-corrected chi connectivity index (χ3v) is 5.65. The fourth-order valence-corrected chi connectivity index (χ4v) is 4.10. The summed E-state index contributed by atoms with van der Waals surface area (Å²) in [6.07, 6.45) is 11.2. The van der Waals surface area contributed by atoms with Crippen LogP contribution in [-0.4, -0.2) is 59.4 Å². The van der Waals surface area contributed by atoms with Gasteiger partial charge in [0.05, 0.1) is 0 Å². The Morgan fingerprint density at radius 2 is 1.26 bits per heavy atom. The number of rotatable bonds is 0. The zero-order valence-electron chi connectivity index (χ0n) is 14.7. The maximum Gasteiger partial charge on any atom is 1.00 e. The zero-order chi connectivity index (χ0) is 14.3. The fourth-order valence-electron chi connectivity index (χ4n) is 2.16. The summed E-state index contributed by atoms with van der Waals surface area (Å²) in [5.74, 6) is 5.53. The first-order valence-corrected chi connectivity index (χ1v) is 10.5. The van der Waals surface area contributed by atoms with Crippen LogP contribution in [0.1, 0.15) is 66.6 Å². The van der Waals surface area contributed by atoms with Crippen molar-refractivity contribution in [1.29, 1.82) is 0 Å². The number of ketones is 1. The van der Waals surface area contributed by atoms with Crippen LogP contribution in [0.4, 0.5) is 0 Å². The molecule has 0 aromatic heterocycles. The van der Waals surface area contributed by atoms with Gasteiger partial charge in [0.15, 0.2) is 17.4 Å². The number of hydrogen-bond donors (Lipinski definition) is 0. The molecule has 0 aromatic carbocycles. The molecule has 3 saturated heterocycles. The van der Waals surface area contributed by atoms with Crippen molar-refractivity contribution >= 4 is 46.7 Å². The standard InChI is InChI=1S/C6H10OS.C6H12S.C4H8O.CH4.Al.Li.4H/c7-6-2-1-4-8-5-3-6;1-2-4-6-7-5-3-1;1-2-4-5-3-1;;;;;;;/h1-5H2;1-6H2;1-4H2;1H4;;;;;;/q;;;;;+1;;;;-1. The Morgan fingerprint density at radius 3 is 1.78 bits per heavy atom. The predicted molar refractivity (Wildman–Crippen MR) is 110 cm³/mol. The minimum atomic E-state index is 0. The summed E-state index contributed by atoms with van der Waals surface area (Å²) in [5, 5.41) is 0. The first-order valence-electron chi connectivity index (χ1n) is 8.14. The Labute approximate surface area is 177 Å². The normalized spacial score (nSPS) is 20.4. The van der Waals surface area contributed by atoms with Crippen LogP contribution in [0.3, 0.4) is 0 Å². The molecule has 0 aliphatic carbocycles. The molecule has 0 spiro atoms. The van der Waals surface area contributed by atoms with Gasteiger partial charge in [-0.1, -0.05) is 20.3 Å². The quantitative estimate of drug-likeness (QED) is 0.596. The molecule has 23 heavy (non-hydrogen) atoms. The molecule has 0 amide bonds. The zero-order valence-corrected chi connectivity index (χ0v) is 15.4. The number of carbonyl (C=O) groups excluding carboxylic acids is 1. The summed E-state index contributed by atoms with van der Waals surface area (Å²) in [5.41, 5.74) is 0. The molecule has 2 nitrogen and oxygen atoms in total. The molecule has 0 atom stereocenters. The number of Topliss-reactive ketones (excluding diaryl/α,β-unsaturated/α-hetero) is 1. The third kappa shape index (κ3) is 21.4. The van der Waals surface area contributed by atoms with E-state index < -0.39 is 0 Å². The molecule has 0 bridgehead atoms. The Morgan fingerprint density at radius 1 is 0.739 bits per heavy atom. The van der Waals surface area contributed by atoms with Crippen molar-refractivity contribution in [3.8, 4) is 0 Å². The molecule has 3 aliphatic heterocycles. The van der Waals surface area contributed by atoms with E-state index >= 15 is 0 Å². The molecule has 3 aliphatic rings. The number of hydrogen-bond acceptors (Lipinski definition) is 4. The van der Waals surface area contributed by atoms with E-state index in [1.54, 1.807) is 0 Å². The van der Waals surface area contributed by atoms with E-state index in [1.165, 1.54) is 55.8 Å². The second-order valence-electron chi connectivity index (χ2n) is 5.35. The van der Waals surface area contributed by atoms with E-state index in [-0.39, 0.29) is 45.1 Å².